The van der Waals surface area contributed by atoms with E-state index in [0.29, 0.717) is 10.8 Å². The van der Waals surface area contributed by atoms with Gasteiger partial charge in [-0.25, -0.2) is 0 Å². The van der Waals surface area contributed by atoms with Crippen LogP contribution in [-0.4, -0.2) is 4.92 Å². The van der Waals surface area contributed by atoms with Crippen LogP contribution in [0.25, 0.3) is 0 Å². The molecule has 0 aliphatic carbocycles. The molecule has 0 heterocycles. The fourth-order valence-electron chi connectivity index (χ4n) is 2.21. The third-order valence-corrected chi connectivity index (χ3v) is 5.14. The number of benzene rings is 3. The summed E-state index contributed by atoms with van der Waals surface area (Å²) in [6.45, 7) is 0. The van der Waals surface area contributed by atoms with Gasteiger partial charge in [0.1, 0.15) is 5.75 Å². The van der Waals surface area contributed by atoms with E-state index in [0.717, 1.165) is 16.2 Å². The van der Waals surface area contributed by atoms with Crippen LogP contribution in [0.2, 0.25) is 10.0 Å². The Kier molecular flexibility index (Phi) is 6.04. The molecular formula is C19H13Cl2NO3S. The molecule has 0 radical (unpaired) electrons. The number of hydrogen-bond donors (Lipinski definition) is 0. The van der Waals surface area contributed by atoms with Crippen molar-refractivity contribution >= 4 is 40.7 Å². The second kappa shape index (κ2) is 8.45. The Hall–Kier alpha value is -2.21. The molecule has 0 aliphatic heterocycles. The van der Waals surface area contributed by atoms with E-state index in [1.807, 2.05) is 36.4 Å². The SMILES string of the molecule is O=[N+]([O-])c1cccc(Cl)c1Oc1ccc(CSc2ccc(Cl)cc2)cc1. The number of hydrogen-bond acceptors (Lipinski definition) is 4. The summed E-state index contributed by atoms with van der Waals surface area (Å²) in [5.74, 6) is 1.32. The van der Waals surface area contributed by atoms with Crippen molar-refractivity contribution < 1.29 is 9.66 Å². The van der Waals surface area contributed by atoms with Crippen molar-refractivity contribution in [1.29, 1.82) is 0 Å². The van der Waals surface area contributed by atoms with Crippen molar-refractivity contribution in [2.24, 2.45) is 0 Å². The molecule has 0 saturated carbocycles. The molecule has 3 rings (SSSR count). The van der Waals surface area contributed by atoms with Gasteiger partial charge in [-0.1, -0.05) is 41.4 Å². The number of rotatable bonds is 6. The summed E-state index contributed by atoms with van der Waals surface area (Å²) in [5, 5.41) is 12.0. The van der Waals surface area contributed by atoms with E-state index in [4.69, 9.17) is 27.9 Å². The summed E-state index contributed by atoms with van der Waals surface area (Å²) in [5.41, 5.74) is 0.936. The van der Waals surface area contributed by atoms with Gasteiger partial charge in [-0.3, -0.25) is 10.1 Å². The number of halogens is 2. The van der Waals surface area contributed by atoms with Crippen molar-refractivity contribution in [1.82, 2.24) is 0 Å². The molecule has 0 spiro atoms. The van der Waals surface area contributed by atoms with E-state index >= 15 is 0 Å². The summed E-state index contributed by atoms with van der Waals surface area (Å²) < 4.78 is 5.64. The quantitative estimate of drug-likeness (QED) is 0.252. The Bertz CT molecular complexity index is 915. The number of ether oxygens (including phenoxy) is 1. The van der Waals surface area contributed by atoms with Crippen LogP contribution in [0.5, 0.6) is 11.5 Å². The van der Waals surface area contributed by atoms with Gasteiger partial charge in [0.25, 0.3) is 0 Å². The Labute approximate surface area is 164 Å². The van der Waals surface area contributed by atoms with Crippen molar-refractivity contribution in [3.05, 3.63) is 92.5 Å². The number of nitro groups is 1. The maximum atomic E-state index is 11.1. The number of nitrogens with zero attached hydrogens (tertiary/aromatic N) is 1. The average Bonchev–Trinajstić information content (AvgIpc) is 2.64. The highest BCUT2D eigenvalue weighted by Crippen LogP contribution is 2.38. The zero-order valence-corrected chi connectivity index (χ0v) is 15.7. The summed E-state index contributed by atoms with van der Waals surface area (Å²) in [6.07, 6.45) is 0. The molecule has 0 aromatic heterocycles. The molecule has 0 bridgehead atoms. The zero-order chi connectivity index (χ0) is 18.5. The van der Waals surface area contributed by atoms with Crippen molar-refractivity contribution in [2.75, 3.05) is 0 Å². The molecule has 0 saturated heterocycles. The lowest BCUT2D eigenvalue weighted by Crippen LogP contribution is -1.94. The maximum absolute atomic E-state index is 11.1. The normalized spacial score (nSPS) is 10.5. The Balaban J connectivity index is 1.68. The Morgan fingerprint density at radius 1 is 0.962 bits per heavy atom. The lowest BCUT2D eigenvalue weighted by molar-refractivity contribution is -0.385. The molecule has 0 aliphatic rings. The van der Waals surface area contributed by atoms with Crippen LogP contribution < -0.4 is 4.74 Å². The smallest absolute Gasteiger partial charge is 0.313 e. The highest BCUT2D eigenvalue weighted by Gasteiger charge is 2.18. The minimum atomic E-state index is -0.516. The third-order valence-electron chi connectivity index (χ3n) is 3.51. The summed E-state index contributed by atoms with van der Waals surface area (Å²) in [7, 11) is 0. The van der Waals surface area contributed by atoms with Gasteiger partial charge in [0, 0.05) is 21.7 Å². The minimum Gasteiger partial charge on any atom is -0.449 e. The van der Waals surface area contributed by atoms with E-state index in [2.05, 4.69) is 0 Å². The molecule has 0 atom stereocenters. The van der Waals surface area contributed by atoms with Gasteiger partial charge in [-0.15, -0.1) is 11.8 Å². The first-order chi connectivity index (χ1) is 12.5. The minimum absolute atomic E-state index is 0.0439. The van der Waals surface area contributed by atoms with Gasteiger partial charge in [0.05, 0.1) is 9.95 Å². The van der Waals surface area contributed by atoms with E-state index < -0.39 is 4.92 Å². The summed E-state index contributed by atoms with van der Waals surface area (Å²) in [6, 6.07) is 19.5. The molecule has 3 aromatic rings. The second-order valence-electron chi connectivity index (χ2n) is 5.33. The van der Waals surface area contributed by atoms with Crippen molar-refractivity contribution in [2.45, 2.75) is 10.6 Å². The van der Waals surface area contributed by atoms with Crippen molar-refractivity contribution in [3.8, 4) is 11.5 Å². The Morgan fingerprint density at radius 2 is 1.65 bits per heavy atom. The van der Waals surface area contributed by atoms with Crippen LogP contribution in [0.4, 0.5) is 5.69 Å². The van der Waals surface area contributed by atoms with E-state index in [1.54, 1.807) is 30.0 Å². The van der Waals surface area contributed by atoms with Crippen LogP contribution >= 0.6 is 35.0 Å². The Morgan fingerprint density at radius 3 is 2.31 bits per heavy atom. The first kappa shape index (κ1) is 18.6. The van der Waals surface area contributed by atoms with Crippen LogP contribution in [0.15, 0.2) is 71.6 Å². The van der Waals surface area contributed by atoms with Gasteiger partial charge < -0.3 is 4.74 Å². The molecule has 0 unspecified atom stereocenters. The monoisotopic (exact) mass is 405 g/mol. The molecule has 132 valence electrons. The third kappa shape index (κ3) is 4.69. The fraction of sp³-hybridized carbons (Fsp3) is 0.0526. The van der Waals surface area contributed by atoms with E-state index in [1.165, 1.54) is 12.1 Å². The highest BCUT2D eigenvalue weighted by atomic mass is 35.5. The lowest BCUT2D eigenvalue weighted by atomic mass is 10.2. The fourth-order valence-corrected chi connectivity index (χ4v) is 3.40. The van der Waals surface area contributed by atoms with Gasteiger partial charge >= 0.3 is 5.69 Å². The van der Waals surface area contributed by atoms with Crippen LogP contribution in [0, 0.1) is 10.1 Å². The van der Waals surface area contributed by atoms with Crippen LogP contribution in [0.3, 0.4) is 0 Å². The van der Waals surface area contributed by atoms with Gasteiger partial charge in [0.2, 0.25) is 5.75 Å². The standard InChI is InChI=1S/C19H13Cl2NO3S/c20-14-6-10-16(11-7-14)26-12-13-4-8-15(9-5-13)25-19-17(21)2-1-3-18(19)22(23)24/h1-11H,12H2. The zero-order valence-electron chi connectivity index (χ0n) is 13.4. The summed E-state index contributed by atoms with van der Waals surface area (Å²) >= 11 is 13.6. The molecule has 0 fully saturated rings. The second-order valence-corrected chi connectivity index (χ2v) is 7.23. The van der Waals surface area contributed by atoms with Gasteiger partial charge in [0.15, 0.2) is 0 Å². The van der Waals surface area contributed by atoms with Crippen LogP contribution in [-0.2, 0) is 5.75 Å². The molecule has 0 amide bonds. The topological polar surface area (TPSA) is 52.4 Å². The maximum Gasteiger partial charge on any atom is 0.313 e. The lowest BCUT2D eigenvalue weighted by Gasteiger charge is -2.09. The first-order valence-electron chi connectivity index (χ1n) is 7.61. The molecule has 3 aromatic carbocycles. The van der Waals surface area contributed by atoms with Crippen molar-refractivity contribution in [3.63, 3.8) is 0 Å². The largest absolute Gasteiger partial charge is 0.449 e. The number of nitro benzene ring substituents is 1. The molecule has 0 N–H and O–H groups in total. The van der Waals surface area contributed by atoms with Crippen LogP contribution in [0.1, 0.15) is 5.56 Å². The molecular weight excluding hydrogens is 393 g/mol. The van der Waals surface area contributed by atoms with Gasteiger partial charge in [-0.2, -0.15) is 0 Å². The summed E-state index contributed by atoms with van der Waals surface area (Å²) in [4.78, 5) is 11.7. The van der Waals surface area contributed by atoms with E-state index in [-0.39, 0.29) is 16.5 Å². The number of para-hydroxylation sites is 1. The van der Waals surface area contributed by atoms with E-state index in [9.17, 15) is 10.1 Å². The predicted octanol–water partition coefficient (Wildman–Crippen LogP) is 6.99. The average molecular weight is 406 g/mol. The molecule has 26 heavy (non-hydrogen) atoms. The molecule has 4 nitrogen and oxygen atoms in total. The number of thioether (sulfide) groups is 1. The first-order valence-corrected chi connectivity index (χ1v) is 9.35. The predicted molar refractivity (Wildman–Crippen MR) is 106 cm³/mol. The van der Waals surface area contributed by atoms with Gasteiger partial charge in [-0.05, 0) is 48.0 Å². The highest BCUT2D eigenvalue weighted by molar-refractivity contribution is 7.98. The molecule has 7 heteroatoms.